The summed E-state index contributed by atoms with van der Waals surface area (Å²) in [6.07, 6.45) is 0. The fourth-order valence-corrected chi connectivity index (χ4v) is 2.69. The van der Waals surface area contributed by atoms with Crippen molar-refractivity contribution in [2.24, 2.45) is 0 Å². The number of carbonyl (C=O) groups is 2. The molecule has 1 aromatic rings. The molecule has 0 aliphatic carbocycles. The molecular formula is C14H16Cl2N2O2. The SMILES string of the molecule is CC(=O)C(=O)N1CCN(Cc2ccc(Cl)cc2Cl)CC1. The first-order valence-corrected chi connectivity index (χ1v) is 7.19. The third-order valence-electron chi connectivity index (χ3n) is 3.37. The van der Waals surface area contributed by atoms with Gasteiger partial charge in [-0.1, -0.05) is 29.3 Å². The van der Waals surface area contributed by atoms with E-state index in [0.29, 0.717) is 23.1 Å². The molecule has 1 aliphatic rings. The zero-order valence-corrected chi connectivity index (χ0v) is 12.7. The highest BCUT2D eigenvalue weighted by atomic mass is 35.5. The van der Waals surface area contributed by atoms with Gasteiger partial charge in [-0.3, -0.25) is 14.5 Å². The van der Waals surface area contributed by atoms with Crippen LogP contribution >= 0.6 is 23.2 Å². The number of amides is 1. The van der Waals surface area contributed by atoms with Gasteiger partial charge in [-0.2, -0.15) is 0 Å². The number of piperazine rings is 1. The fraction of sp³-hybridized carbons (Fsp3) is 0.429. The molecule has 0 radical (unpaired) electrons. The van der Waals surface area contributed by atoms with Crippen molar-refractivity contribution < 1.29 is 9.59 Å². The molecule has 1 aromatic carbocycles. The molecule has 4 nitrogen and oxygen atoms in total. The van der Waals surface area contributed by atoms with Crippen LogP contribution in [0.25, 0.3) is 0 Å². The first-order chi connectivity index (χ1) is 9.47. The Morgan fingerprint density at radius 2 is 1.80 bits per heavy atom. The molecule has 108 valence electrons. The number of hydrogen-bond acceptors (Lipinski definition) is 3. The fourth-order valence-electron chi connectivity index (χ4n) is 2.22. The average Bonchev–Trinajstić information content (AvgIpc) is 2.42. The van der Waals surface area contributed by atoms with Gasteiger partial charge in [0.15, 0.2) is 0 Å². The van der Waals surface area contributed by atoms with Gasteiger partial charge in [0.25, 0.3) is 5.91 Å². The Balaban J connectivity index is 1.91. The third kappa shape index (κ3) is 3.72. The molecule has 0 N–H and O–H groups in total. The minimum Gasteiger partial charge on any atom is -0.334 e. The molecule has 0 spiro atoms. The molecule has 2 rings (SSSR count). The van der Waals surface area contributed by atoms with Crippen molar-refractivity contribution in [1.82, 2.24) is 9.80 Å². The number of nitrogens with zero attached hydrogens (tertiary/aromatic N) is 2. The van der Waals surface area contributed by atoms with Gasteiger partial charge in [-0.15, -0.1) is 0 Å². The minimum absolute atomic E-state index is 0.394. The predicted molar refractivity (Wildman–Crippen MR) is 79.0 cm³/mol. The third-order valence-corrected chi connectivity index (χ3v) is 3.96. The highest BCUT2D eigenvalue weighted by Gasteiger charge is 2.23. The molecule has 20 heavy (non-hydrogen) atoms. The Morgan fingerprint density at radius 3 is 2.35 bits per heavy atom. The van der Waals surface area contributed by atoms with E-state index in [9.17, 15) is 9.59 Å². The van der Waals surface area contributed by atoms with Crippen molar-refractivity contribution in [1.29, 1.82) is 0 Å². The van der Waals surface area contributed by atoms with E-state index in [1.165, 1.54) is 6.92 Å². The molecule has 0 aromatic heterocycles. The maximum Gasteiger partial charge on any atom is 0.289 e. The Labute approximate surface area is 128 Å². The van der Waals surface area contributed by atoms with Crippen LogP contribution in [-0.4, -0.2) is 47.7 Å². The monoisotopic (exact) mass is 314 g/mol. The second kappa shape index (κ2) is 6.57. The predicted octanol–water partition coefficient (Wildman–Crippen LogP) is 2.23. The summed E-state index contributed by atoms with van der Waals surface area (Å²) in [7, 11) is 0. The van der Waals surface area contributed by atoms with Crippen LogP contribution in [-0.2, 0) is 16.1 Å². The van der Waals surface area contributed by atoms with Crippen molar-refractivity contribution in [3.63, 3.8) is 0 Å². The van der Waals surface area contributed by atoms with Gasteiger partial charge in [-0.25, -0.2) is 0 Å². The molecule has 1 aliphatic heterocycles. The van der Waals surface area contributed by atoms with Crippen LogP contribution in [0.3, 0.4) is 0 Å². The van der Waals surface area contributed by atoms with E-state index >= 15 is 0 Å². The molecule has 0 unspecified atom stereocenters. The molecule has 6 heteroatoms. The lowest BCUT2D eigenvalue weighted by Crippen LogP contribution is -2.49. The van der Waals surface area contributed by atoms with E-state index in [0.717, 1.165) is 25.2 Å². The highest BCUT2D eigenvalue weighted by Crippen LogP contribution is 2.22. The summed E-state index contributed by atoms with van der Waals surface area (Å²) in [6.45, 7) is 4.64. The summed E-state index contributed by atoms with van der Waals surface area (Å²) in [6, 6.07) is 5.46. The zero-order chi connectivity index (χ0) is 14.7. The Kier molecular flexibility index (Phi) is 5.02. The van der Waals surface area contributed by atoms with Crippen LogP contribution in [0.5, 0.6) is 0 Å². The maximum absolute atomic E-state index is 11.6. The van der Waals surface area contributed by atoms with Gasteiger partial charge in [0.05, 0.1) is 0 Å². The van der Waals surface area contributed by atoms with E-state index in [1.807, 2.05) is 12.1 Å². The van der Waals surface area contributed by atoms with Crippen LogP contribution in [0.2, 0.25) is 10.0 Å². The first-order valence-electron chi connectivity index (χ1n) is 6.43. The number of halogens is 2. The summed E-state index contributed by atoms with van der Waals surface area (Å²) >= 11 is 12.0. The summed E-state index contributed by atoms with van der Waals surface area (Å²) in [5.41, 5.74) is 1.02. The van der Waals surface area contributed by atoms with Crippen molar-refractivity contribution >= 4 is 34.9 Å². The van der Waals surface area contributed by atoms with Gasteiger partial charge >= 0.3 is 0 Å². The molecular weight excluding hydrogens is 299 g/mol. The smallest absolute Gasteiger partial charge is 0.289 e. The van der Waals surface area contributed by atoms with E-state index in [-0.39, 0.29) is 0 Å². The van der Waals surface area contributed by atoms with Gasteiger partial charge < -0.3 is 4.90 Å². The van der Waals surface area contributed by atoms with Crippen LogP contribution in [0.1, 0.15) is 12.5 Å². The molecule has 1 saturated heterocycles. The molecule has 0 saturated carbocycles. The molecule has 0 bridgehead atoms. The lowest BCUT2D eigenvalue weighted by Gasteiger charge is -2.34. The van der Waals surface area contributed by atoms with Gasteiger partial charge in [0.1, 0.15) is 0 Å². The van der Waals surface area contributed by atoms with E-state index in [1.54, 1.807) is 11.0 Å². The van der Waals surface area contributed by atoms with E-state index < -0.39 is 11.7 Å². The second-order valence-electron chi connectivity index (χ2n) is 4.86. The lowest BCUT2D eigenvalue weighted by molar-refractivity contribution is -0.144. The lowest BCUT2D eigenvalue weighted by atomic mass is 10.2. The summed E-state index contributed by atoms with van der Waals surface area (Å²) < 4.78 is 0. The number of rotatable bonds is 3. The van der Waals surface area contributed by atoms with Crippen molar-refractivity contribution in [2.45, 2.75) is 13.5 Å². The Hall–Kier alpha value is -1.10. The number of hydrogen-bond donors (Lipinski definition) is 0. The van der Waals surface area contributed by atoms with Crippen LogP contribution < -0.4 is 0 Å². The van der Waals surface area contributed by atoms with Crippen molar-refractivity contribution in [3.8, 4) is 0 Å². The van der Waals surface area contributed by atoms with Gasteiger partial charge in [0, 0.05) is 49.7 Å². The maximum atomic E-state index is 11.6. The van der Waals surface area contributed by atoms with Gasteiger partial charge in [0.2, 0.25) is 5.78 Å². The van der Waals surface area contributed by atoms with E-state index in [2.05, 4.69) is 4.90 Å². The molecule has 1 fully saturated rings. The zero-order valence-electron chi connectivity index (χ0n) is 11.2. The summed E-state index contributed by atoms with van der Waals surface area (Å²) in [5, 5.41) is 1.27. The topological polar surface area (TPSA) is 40.6 Å². The standard InChI is InChI=1S/C14H16Cl2N2O2/c1-10(19)14(20)18-6-4-17(5-7-18)9-11-2-3-12(15)8-13(11)16/h2-3,8H,4-7,9H2,1H3. The molecule has 1 amide bonds. The van der Waals surface area contributed by atoms with E-state index in [4.69, 9.17) is 23.2 Å². The normalized spacial score (nSPS) is 16.2. The van der Waals surface area contributed by atoms with Crippen LogP contribution in [0.15, 0.2) is 18.2 Å². The summed E-state index contributed by atoms with van der Waals surface area (Å²) in [5.74, 6) is -0.798. The minimum atomic E-state index is -0.404. The second-order valence-corrected chi connectivity index (χ2v) is 5.70. The average molecular weight is 315 g/mol. The number of Topliss-reactive ketones (excluding diaryl/α,β-unsaturated/α-hetero) is 1. The molecule has 1 heterocycles. The quantitative estimate of drug-likeness (QED) is 0.803. The number of benzene rings is 1. The van der Waals surface area contributed by atoms with Crippen molar-refractivity contribution in [3.05, 3.63) is 33.8 Å². The van der Waals surface area contributed by atoms with Crippen molar-refractivity contribution in [2.75, 3.05) is 26.2 Å². The number of ketones is 1. The largest absolute Gasteiger partial charge is 0.334 e. The highest BCUT2D eigenvalue weighted by molar-refractivity contribution is 6.35. The van der Waals surface area contributed by atoms with Gasteiger partial charge in [-0.05, 0) is 17.7 Å². The Morgan fingerprint density at radius 1 is 1.15 bits per heavy atom. The van der Waals surface area contributed by atoms with Crippen LogP contribution in [0.4, 0.5) is 0 Å². The van der Waals surface area contributed by atoms with Crippen LogP contribution in [0, 0.1) is 0 Å². The molecule has 0 atom stereocenters. The Bertz CT molecular complexity index is 526. The first kappa shape index (κ1) is 15.3. The number of carbonyl (C=O) groups excluding carboxylic acids is 2. The summed E-state index contributed by atoms with van der Waals surface area (Å²) in [4.78, 5) is 26.4.